The van der Waals surface area contributed by atoms with Crippen LogP contribution in [0, 0.1) is 11.8 Å². The Hall–Kier alpha value is -0.700. The van der Waals surface area contributed by atoms with Gasteiger partial charge in [-0.25, -0.2) is 0 Å². The van der Waals surface area contributed by atoms with Gasteiger partial charge in [-0.15, -0.1) is 11.6 Å². The van der Waals surface area contributed by atoms with Gasteiger partial charge in [0.05, 0.1) is 5.56 Å². The van der Waals surface area contributed by atoms with E-state index in [1.807, 2.05) is 13.8 Å². The number of hydrogen-bond donors (Lipinski definition) is 0. The van der Waals surface area contributed by atoms with Crippen LogP contribution in [0.5, 0.6) is 0 Å². The molecule has 0 amide bonds. The van der Waals surface area contributed by atoms with Gasteiger partial charge in [-0.2, -0.15) is 13.2 Å². The van der Waals surface area contributed by atoms with Crippen molar-refractivity contribution in [3.8, 4) is 0 Å². The van der Waals surface area contributed by atoms with Crippen molar-refractivity contribution in [3.63, 3.8) is 0 Å². The van der Waals surface area contributed by atoms with E-state index in [4.69, 9.17) is 11.6 Å². The molecule has 0 aromatic heterocycles. The average Bonchev–Trinajstić information content (AvgIpc) is 2.37. The zero-order valence-electron chi connectivity index (χ0n) is 12.7. The van der Waals surface area contributed by atoms with Crippen molar-refractivity contribution < 1.29 is 13.2 Å². The van der Waals surface area contributed by atoms with Crippen LogP contribution < -0.4 is 0 Å². The Labute approximate surface area is 129 Å². The summed E-state index contributed by atoms with van der Waals surface area (Å²) < 4.78 is 39.8. The lowest BCUT2D eigenvalue weighted by atomic mass is 9.65. The molecule has 0 nitrogen and oxygen atoms in total. The molecule has 118 valence electrons. The summed E-state index contributed by atoms with van der Waals surface area (Å²) in [7, 11) is 0. The van der Waals surface area contributed by atoms with E-state index in [0.717, 1.165) is 19.3 Å². The Morgan fingerprint density at radius 2 is 1.62 bits per heavy atom. The molecule has 1 fully saturated rings. The highest BCUT2D eigenvalue weighted by Crippen LogP contribution is 2.47. The van der Waals surface area contributed by atoms with Crippen molar-refractivity contribution in [2.24, 2.45) is 11.8 Å². The standard InChI is InChI=1S/C17H22ClF3/c1-11-8-9-14(15(18)10-11)16(2,3)12-6-4-5-7-13(12)17(19,20)21/h4-7,11,14-15H,8-10H2,1-3H3. The number of alkyl halides is 4. The highest BCUT2D eigenvalue weighted by atomic mass is 35.5. The maximum atomic E-state index is 13.3. The molecule has 1 aromatic carbocycles. The van der Waals surface area contributed by atoms with Crippen LogP contribution in [-0.4, -0.2) is 5.38 Å². The van der Waals surface area contributed by atoms with Crippen LogP contribution in [0.4, 0.5) is 13.2 Å². The highest BCUT2D eigenvalue weighted by molar-refractivity contribution is 6.20. The number of hydrogen-bond acceptors (Lipinski definition) is 0. The molecule has 1 aromatic rings. The minimum absolute atomic E-state index is 0.0648. The second-order valence-electron chi connectivity index (χ2n) is 6.81. The number of rotatable bonds is 2. The van der Waals surface area contributed by atoms with Crippen molar-refractivity contribution in [2.45, 2.75) is 57.0 Å². The first kappa shape index (κ1) is 16.7. The lowest BCUT2D eigenvalue weighted by Crippen LogP contribution is -2.40. The summed E-state index contributed by atoms with van der Waals surface area (Å²) in [6.07, 6.45) is -1.53. The highest BCUT2D eigenvalue weighted by Gasteiger charge is 2.44. The summed E-state index contributed by atoms with van der Waals surface area (Å²) >= 11 is 6.50. The predicted molar refractivity (Wildman–Crippen MR) is 80.6 cm³/mol. The van der Waals surface area contributed by atoms with Gasteiger partial charge in [0, 0.05) is 5.38 Å². The molecule has 1 aliphatic carbocycles. The van der Waals surface area contributed by atoms with Crippen molar-refractivity contribution in [1.29, 1.82) is 0 Å². The van der Waals surface area contributed by atoms with Gasteiger partial charge in [0.25, 0.3) is 0 Å². The van der Waals surface area contributed by atoms with Crippen molar-refractivity contribution in [2.75, 3.05) is 0 Å². The molecule has 4 heteroatoms. The van der Waals surface area contributed by atoms with E-state index in [1.54, 1.807) is 12.1 Å². The van der Waals surface area contributed by atoms with Crippen LogP contribution in [0.1, 0.15) is 51.2 Å². The first-order chi connectivity index (χ1) is 9.64. The summed E-state index contributed by atoms with van der Waals surface area (Å²) in [4.78, 5) is 0. The molecule has 2 rings (SSSR count). The Kier molecular flexibility index (Phi) is 4.63. The predicted octanol–water partition coefficient (Wildman–Crippen LogP) is 6.03. The van der Waals surface area contributed by atoms with Crippen molar-refractivity contribution in [1.82, 2.24) is 0 Å². The number of halogens is 4. The third-order valence-corrected chi connectivity index (χ3v) is 5.37. The zero-order valence-corrected chi connectivity index (χ0v) is 13.4. The molecule has 3 unspecified atom stereocenters. The van der Waals surface area contributed by atoms with Gasteiger partial charge >= 0.3 is 6.18 Å². The Balaban J connectivity index is 2.40. The van der Waals surface area contributed by atoms with E-state index in [0.29, 0.717) is 11.5 Å². The quantitative estimate of drug-likeness (QED) is 0.584. The monoisotopic (exact) mass is 318 g/mol. The molecule has 0 saturated heterocycles. The minimum Gasteiger partial charge on any atom is -0.166 e. The SMILES string of the molecule is CC1CCC(C(C)(C)c2ccccc2C(F)(F)F)C(Cl)C1. The van der Waals surface area contributed by atoms with Gasteiger partial charge < -0.3 is 0 Å². The van der Waals surface area contributed by atoms with Gasteiger partial charge in [-0.1, -0.05) is 45.4 Å². The molecule has 0 radical (unpaired) electrons. The average molecular weight is 319 g/mol. The van der Waals surface area contributed by atoms with Crippen LogP contribution in [0.2, 0.25) is 0 Å². The topological polar surface area (TPSA) is 0 Å². The van der Waals surface area contributed by atoms with Gasteiger partial charge in [0.2, 0.25) is 0 Å². The first-order valence-electron chi connectivity index (χ1n) is 7.44. The van der Waals surface area contributed by atoms with E-state index in [9.17, 15) is 13.2 Å². The van der Waals surface area contributed by atoms with Crippen LogP contribution >= 0.6 is 11.6 Å². The van der Waals surface area contributed by atoms with Gasteiger partial charge in [-0.05, 0) is 41.7 Å². The lowest BCUT2D eigenvalue weighted by molar-refractivity contribution is -0.139. The molecule has 0 aliphatic heterocycles. The van der Waals surface area contributed by atoms with Crippen LogP contribution in [0.25, 0.3) is 0 Å². The molecular weight excluding hydrogens is 297 g/mol. The van der Waals surface area contributed by atoms with E-state index in [2.05, 4.69) is 6.92 Å². The second kappa shape index (κ2) is 5.83. The van der Waals surface area contributed by atoms with E-state index < -0.39 is 17.2 Å². The summed E-state index contributed by atoms with van der Waals surface area (Å²) in [5, 5.41) is -0.0648. The van der Waals surface area contributed by atoms with E-state index in [-0.39, 0.29) is 11.3 Å². The van der Waals surface area contributed by atoms with E-state index >= 15 is 0 Å². The fraction of sp³-hybridized carbons (Fsp3) is 0.647. The van der Waals surface area contributed by atoms with Crippen LogP contribution in [0.3, 0.4) is 0 Å². The van der Waals surface area contributed by atoms with Crippen molar-refractivity contribution >= 4 is 11.6 Å². The smallest absolute Gasteiger partial charge is 0.166 e. The molecule has 0 N–H and O–H groups in total. The molecule has 1 saturated carbocycles. The second-order valence-corrected chi connectivity index (χ2v) is 7.37. The maximum absolute atomic E-state index is 13.3. The fourth-order valence-corrected chi connectivity index (χ4v) is 4.36. The maximum Gasteiger partial charge on any atom is 0.416 e. The third-order valence-electron chi connectivity index (χ3n) is 4.89. The van der Waals surface area contributed by atoms with Crippen molar-refractivity contribution in [3.05, 3.63) is 35.4 Å². The number of benzene rings is 1. The Bertz CT molecular complexity index is 493. The fourth-order valence-electron chi connectivity index (χ4n) is 3.62. The van der Waals surface area contributed by atoms with Gasteiger partial charge in [-0.3, -0.25) is 0 Å². The minimum atomic E-state index is -4.32. The molecular formula is C17H22ClF3. The summed E-state index contributed by atoms with van der Waals surface area (Å²) in [6, 6.07) is 5.90. The summed E-state index contributed by atoms with van der Waals surface area (Å²) in [5.41, 5.74) is -0.751. The first-order valence-corrected chi connectivity index (χ1v) is 7.88. The van der Waals surface area contributed by atoms with Gasteiger partial charge in [0.15, 0.2) is 0 Å². The zero-order chi connectivity index (χ0) is 15.8. The molecule has 21 heavy (non-hydrogen) atoms. The summed E-state index contributed by atoms with van der Waals surface area (Å²) in [6.45, 7) is 5.95. The molecule has 0 heterocycles. The molecule has 0 spiro atoms. The lowest BCUT2D eigenvalue weighted by Gasteiger charge is -2.43. The van der Waals surface area contributed by atoms with Gasteiger partial charge in [0.1, 0.15) is 0 Å². The van der Waals surface area contributed by atoms with E-state index in [1.165, 1.54) is 12.1 Å². The third kappa shape index (κ3) is 3.39. The molecule has 3 atom stereocenters. The largest absolute Gasteiger partial charge is 0.416 e. The molecule has 1 aliphatic rings. The van der Waals surface area contributed by atoms with Crippen LogP contribution in [-0.2, 0) is 11.6 Å². The summed E-state index contributed by atoms with van der Waals surface area (Å²) in [5.74, 6) is 0.622. The Morgan fingerprint density at radius 3 is 2.14 bits per heavy atom. The Morgan fingerprint density at radius 1 is 1.05 bits per heavy atom. The normalized spacial score (nSPS) is 27.7. The van der Waals surface area contributed by atoms with Crippen LogP contribution in [0.15, 0.2) is 24.3 Å². The molecule has 0 bridgehead atoms.